The summed E-state index contributed by atoms with van der Waals surface area (Å²) in [6.45, 7) is 5.14. The van der Waals surface area contributed by atoms with Gasteiger partial charge in [-0.05, 0) is 52.9 Å². The maximum absolute atomic E-state index is 12.1. The van der Waals surface area contributed by atoms with Crippen molar-refractivity contribution in [3.63, 3.8) is 0 Å². The predicted molar refractivity (Wildman–Crippen MR) is 95.4 cm³/mol. The molecular formula is C16H24BrClN2O2. The van der Waals surface area contributed by atoms with E-state index in [9.17, 15) is 4.79 Å². The Labute approximate surface area is 145 Å². The molecule has 0 amide bonds. The van der Waals surface area contributed by atoms with Crippen molar-refractivity contribution in [1.82, 2.24) is 5.32 Å². The quantitative estimate of drug-likeness (QED) is 0.288. The van der Waals surface area contributed by atoms with Gasteiger partial charge in [0.15, 0.2) is 0 Å². The van der Waals surface area contributed by atoms with Gasteiger partial charge in [-0.3, -0.25) is 0 Å². The summed E-state index contributed by atoms with van der Waals surface area (Å²) in [6, 6.07) is 3.84. The van der Waals surface area contributed by atoms with Crippen molar-refractivity contribution in [1.29, 1.82) is 0 Å². The van der Waals surface area contributed by atoms with Crippen LogP contribution in [0.4, 0.5) is 5.69 Å². The Morgan fingerprint density at radius 2 is 2.09 bits per heavy atom. The van der Waals surface area contributed by atoms with Crippen LogP contribution in [-0.2, 0) is 11.3 Å². The number of rotatable bonds is 9. The highest BCUT2D eigenvalue weighted by Gasteiger charge is 2.13. The molecule has 0 aliphatic rings. The van der Waals surface area contributed by atoms with Crippen LogP contribution in [0, 0.1) is 0 Å². The maximum Gasteiger partial charge on any atom is 0.338 e. The van der Waals surface area contributed by atoms with Gasteiger partial charge >= 0.3 is 5.97 Å². The first-order valence-corrected chi connectivity index (χ1v) is 8.82. The molecule has 0 atom stereocenters. The Balaban J connectivity index is 2.67. The normalized spacial score (nSPS) is 11.0. The zero-order valence-electron chi connectivity index (χ0n) is 13.1. The summed E-state index contributed by atoms with van der Waals surface area (Å²) < 4.78 is 6.00. The van der Waals surface area contributed by atoms with Gasteiger partial charge in [0, 0.05) is 22.9 Å². The van der Waals surface area contributed by atoms with E-state index in [0.717, 1.165) is 24.8 Å². The average Bonchev–Trinajstić information content (AvgIpc) is 2.48. The highest BCUT2D eigenvalue weighted by atomic mass is 79.9. The summed E-state index contributed by atoms with van der Waals surface area (Å²) in [6.07, 6.45) is 2.74. The van der Waals surface area contributed by atoms with Crippen molar-refractivity contribution >= 4 is 39.2 Å². The number of unbranched alkanes of at least 4 members (excludes halogenated alkanes) is 2. The molecule has 1 aromatic carbocycles. The second kappa shape index (κ2) is 10.1. The van der Waals surface area contributed by atoms with Crippen LogP contribution in [0.3, 0.4) is 0 Å². The van der Waals surface area contributed by atoms with Gasteiger partial charge in [-0.2, -0.15) is 0 Å². The number of anilines is 1. The number of halogens is 2. The molecule has 0 unspecified atom stereocenters. The summed E-state index contributed by atoms with van der Waals surface area (Å²) in [7, 11) is 0. The number of ether oxygens (including phenoxy) is 1. The molecule has 0 heterocycles. The Hall–Kier alpha value is -0.780. The van der Waals surface area contributed by atoms with E-state index in [1.807, 2.05) is 0 Å². The van der Waals surface area contributed by atoms with E-state index in [0.29, 0.717) is 40.8 Å². The molecule has 0 radical (unpaired) electrons. The average molecular weight is 392 g/mol. The second-order valence-corrected chi connectivity index (χ2v) is 6.68. The molecule has 1 aromatic rings. The molecule has 0 aliphatic carbocycles. The van der Waals surface area contributed by atoms with E-state index in [-0.39, 0.29) is 5.97 Å². The van der Waals surface area contributed by atoms with Crippen molar-refractivity contribution in [3.8, 4) is 0 Å². The summed E-state index contributed by atoms with van der Waals surface area (Å²) >= 11 is 9.01. The van der Waals surface area contributed by atoms with E-state index in [2.05, 4.69) is 35.1 Å². The highest BCUT2D eigenvalue weighted by molar-refractivity contribution is 9.10. The molecule has 0 aliphatic heterocycles. The van der Waals surface area contributed by atoms with Crippen LogP contribution in [0.25, 0.3) is 0 Å². The molecule has 0 fully saturated rings. The fourth-order valence-electron chi connectivity index (χ4n) is 1.87. The van der Waals surface area contributed by atoms with Crippen LogP contribution >= 0.6 is 27.5 Å². The van der Waals surface area contributed by atoms with Crippen molar-refractivity contribution in [2.24, 2.45) is 0 Å². The van der Waals surface area contributed by atoms with Gasteiger partial charge in [0.05, 0.1) is 17.9 Å². The minimum Gasteiger partial charge on any atom is -0.462 e. The fraction of sp³-hybridized carbons (Fsp3) is 0.562. The van der Waals surface area contributed by atoms with E-state index in [1.54, 1.807) is 12.1 Å². The number of carbonyl (C=O) groups excluding carboxylic acids is 1. The number of esters is 1. The summed E-state index contributed by atoms with van der Waals surface area (Å²) in [5.41, 5.74) is 8.09. The molecule has 0 saturated heterocycles. The van der Waals surface area contributed by atoms with Crippen LogP contribution in [0.2, 0.25) is 0 Å². The van der Waals surface area contributed by atoms with Crippen LogP contribution in [0.15, 0.2) is 16.6 Å². The first-order valence-electron chi connectivity index (χ1n) is 7.50. The molecule has 1 rings (SSSR count). The number of benzene rings is 1. The van der Waals surface area contributed by atoms with E-state index in [1.165, 1.54) is 0 Å². The molecule has 0 bridgehead atoms. The molecule has 124 valence electrons. The molecule has 4 nitrogen and oxygen atoms in total. The lowest BCUT2D eigenvalue weighted by molar-refractivity contribution is 0.0498. The monoisotopic (exact) mass is 390 g/mol. The molecule has 6 heteroatoms. The highest BCUT2D eigenvalue weighted by Crippen LogP contribution is 2.26. The zero-order valence-corrected chi connectivity index (χ0v) is 15.5. The predicted octanol–water partition coefficient (Wildman–Crippen LogP) is 4.10. The molecule has 0 spiro atoms. The number of hydrogen-bond acceptors (Lipinski definition) is 4. The van der Waals surface area contributed by atoms with Gasteiger partial charge < -0.3 is 15.8 Å². The Kier molecular flexibility index (Phi) is 8.83. The second-order valence-electron chi connectivity index (χ2n) is 5.45. The Morgan fingerprint density at radius 1 is 1.36 bits per heavy atom. The zero-order chi connectivity index (χ0) is 16.5. The van der Waals surface area contributed by atoms with E-state index in [4.69, 9.17) is 22.1 Å². The number of hydrogen-bond donors (Lipinski definition) is 2. The van der Waals surface area contributed by atoms with E-state index >= 15 is 0 Å². The number of alkyl halides is 1. The van der Waals surface area contributed by atoms with Gasteiger partial charge in [-0.1, -0.05) is 13.8 Å². The van der Waals surface area contributed by atoms with Crippen molar-refractivity contribution < 1.29 is 9.53 Å². The van der Waals surface area contributed by atoms with Gasteiger partial charge in [0.2, 0.25) is 0 Å². The first-order chi connectivity index (χ1) is 10.5. The molecule has 0 saturated carbocycles. The third kappa shape index (κ3) is 6.55. The number of nitrogen functional groups attached to an aromatic ring is 1. The van der Waals surface area contributed by atoms with Crippen molar-refractivity contribution in [3.05, 3.63) is 27.7 Å². The van der Waals surface area contributed by atoms with Crippen LogP contribution in [0.1, 0.15) is 49.0 Å². The minimum atomic E-state index is -0.322. The first kappa shape index (κ1) is 19.3. The Bertz CT molecular complexity index is 495. The minimum absolute atomic E-state index is 0.322. The van der Waals surface area contributed by atoms with Gasteiger partial charge in [0.25, 0.3) is 0 Å². The van der Waals surface area contributed by atoms with Crippen LogP contribution in [-0.4, -0.2) is 24.5 Å². The SMILES string of the molecule is CC(C)NCc1cc(C(=O)OCCCCCCl)cc(Br)c1N. The van der Waals surface area contributed by atoms with Gasteiger partial charge in [-0.25, -0.2) is 4.79 Å². The fourth-order valence-corrected chi connectivity index (χ4v) is 2.56. The molecule has 3 N–H and O–H groups in total. The van der Waals surface area contributed by atoms with Crippen molar-refractivity contribution in [2.45, 2.75) is 45.7 Å². The van der Waals surface area contributed by atoms with Crippen LogP contribution < -0.4 is 11.1 Å². The van der Waals surface area contributed by atoms with E-state index < -0.39 is 0 Å². The third-order valence-corrected chi connectivity index (χ3v) is 4.09. The standard InChI is InChI=1S/C16H24BrClN2O2/c1-11(2)20-10-13-8-12(9-14(17)15(13)19)16(21)22-7-5-3-4-6-18/h8-9,11,20H,3-7,10,19H2,1-2H3. The Morgan fingerprint density at radius 3 is 2.73 bits per heavy atom. The topological polar surface area (TPSA) is 64.3 Å². The number of nitrogens with one attached hydrogen (secondary N) is 1. The number of nitrogens with two attached hydrogens (primary N) is 1. The smallest absolute Gasteiger partial charge is 0.338 e. The molecular weight excluding hydrogens is 368 g/mol. The van der Waals surface area contributed by atoms with Crippen molar-refractivity contribution in [2.75, 3.05) is 18.2 Å². The maximum atomic E-state index is 12.1. The van der Waals surface area contributed by atoms with Crippen LogP contribution in [0.5, 0.6) is 0 Å². The lowest BCUT2D eigenvalue weighted by Gasteiger charge is -2.13. The largest absolute Gasteiger partial charge is 0.462 e. The molecule has 22 heavy (non-hydrogen) atoms. The third-order valence-electron chi connectivity index (χ3n) is 3.16. The summed E-state index contributed by atoms with van der Waals surface area (Å²) in [5, 5.41) is 3.30. The summed E-state index contributed by atoms with van der Waals surface area (Å²) in [5.74, 6) is 0.322. The molecule has 0 aromatic heterocycles. The van der Waals surface area contributed by atoms with Gasteiger partial charge in [-0.15, -0.1) is 11.6 Å². The number of carbonyl (C=O) groups is 1. The summed E-state index contributed by atoms with van der Waals surface area (Å²) in [4.78, 5) is 12.1. The van der Waals surface area contributed by atoms with Gasteiger partial charge in [0.1, 0.15) is 0 Å². The lowest BCUT2D eigenvalue weighted by Crippen LogP contribution is -2.22. The lowest BCUT2D eigenvalue weighted by atomic mass is 10.1.